The van der Waals surface area contributed by atoms with Gasteiger partial charge in [0.25, 0.3) is 0 Å². The Morgan fingerprint density at radius 1 is 1.17 bits per heavy atom. The average Bonchev–Trinajstić information content (AvgIpc) is 2.37. The van der Waals surface area contributed by atoms with Crippen molar-refractivity contribution >= 4 is 0 Å². The summed E-state index contributed by atoms with van der Waals surface area (Å²) in [5.41, 5.74) is 1.23. The van der Waals surface area contributed by atoms with E-state index in [0.29, 0.717) is 17.7 Å². The lowest BCUT2D eigenvalue weighted by Gasteiger charge is -2.14. The highest BCUT2D eigenvalue weighted by atomic mass is 16.3. The quantitative estimate of drug-likeness (QED) is 0.622. The minimum absolute atomic E-state index is 0.281. The molecule has 0 amide bonds. The van der Waals surface area contributed by atoms with E-state index in [1.54, 1.807) is 12.1 Å². The summed E-state index contributed by atoms with van der Waals surface area (Å²) in [6, 6.07) is 7.80. The molecule has 0 radical (unpaired) electrons. The second-order valence-corrected chi connectivity index (χ2v) is 5.16. The Balaban J connectivity index is 2.17. The molecule has 0 spiro atoms. The van der Waals surface area contributed by atoms with Crippen molar-refractivity contribution in [2.24, 2.45) is 5.92 Å². The van der Waals surface area contributed by atoms with Crippen LogP contribution in [0.1, 0.15) is 32.3 Å². The predicted molar refractivity (Wildman–Crippen MR) is 74.8 cm³/mol. The molecule has 1 aromatic carbocycles. The summed E-state index contributed by atoms with van der Waals surface area (Å²) in [7, 11) is 0. The highest BCUT2D eigenvalue weighted by Crippen LogP contribution is 2.11. The van der Waals surface area contributed by atoms with E-state index in [4.69, 9.17) is 5.11 Å². The van der Waals surface area contributed by atoms with E-state index < -0.39 is 0 Å². The molecule has 2 unspecified atom stereocenters. The van der Waals surface area contributed by atoms with Gasteiger partial charge in [-0.3, -0.25) is 0 Å². The van der Waals surface area contributed by atoms with E-state index in [1.165, 1.54) is 5.56 Å². The van der Waals surface area contributed by atoms with Gasteiger partial charge < -0.3 is 15.5 Å². The van der Waals surface area contributed by atoms with Gasteiger partial charge in [-0.2, -0.15) is 0 Å². The van der Waals surface area contributed by atoms with Crippen molar-refractivity contribution in [2.45, 2.75) is 39.2 Å². The summed E-state index contributed by atoms with van der Waals surface area (Å²) < 4.78 is 0. The number of nitrogens with one attached hydrogen (secondary N) is 1. The Morgan fingerprint density at radius 2 is 1.83 bits per heavy atom. The molecule has 1 rings (SSSR count). The fraction of sp³-hybridized carbons (Fsp3) is 0.600. The monoisotopic (exact) mass is 251 g/mol. The number of hydrogen-bond donors (Lipinski definition) is 3. The molecular weight excluding hydrogens is 226 g/mol. The summed E-state index contributed by atoms with van der Waals surface area (Å²) in [6.07, 6.45) is 3.13. The molecule has 0 fully saturated rings. The van der Waals surface area contributed by atoms with Crippen LogP contribution in [0.4, 0.5) is 0 Å². The van der Waals surface area contributed by atoms with Gasteiger partial charge in [-0.25, -0.2) is 0 Å². The van der Waals surface area contributed by atoms with Gasteiger partial charge >= 0.3 is 0 Å². The number of phenols is 1. The van der Waals surface area contributed by atoms with Crippen LogP contribution in [0.5, 0.6) is 5.75 Å². The summed E-state index contributed by atoms with van der Waals surface area (Å²) >= 11 is 0. The molecule has 0 aliphatic rings. The summed E-state index contributed by atoms with van der Waals surface area (Å²) in [4.78, 5) is 0. The largest absolute Gasteiger partial charge is 0.508 e. The molecule has 0 saturated carbocycles. The van der Waals surface area contributed by atoms with E-state index in [2.05, 4.69) is 19.2 Å². The number of aromatic hydroxyl groups is 1. The highest BCUT2D eigenvalue weighted by Gasteiger charge is 2.04. The second-order valence-electron chi connectivity index (χ2n) is 5.16. The molecule has 3 N–H and O–H groups in total. The third-order valence-electron chi connectivity index (χ3n) is 3.16. The van der Waals surface area contributed by atoms with Crippen molar-refractivity contribution in [3.8, 4) is 5.75 Å². The molecule has 18 heavy (non-hydrogen) atoms. The van der Waals surface area contributed by atoms with Crippen LogP contribution in [0.3, 0.4) is 0 Å². The first-order valence-corrected chi connectivity index (χ1v) is 6.74. The van der Waals surface area contributed by atoms with Crippen LogP contribution in [0.25, 0.3) is 0 Å². The van der Waals surface area contributed by atoms with Gasteiger partial charge in [-0.15, -0.1) is 0 Å². The molecule has 3 heteroatoms. The molecular formula is C15H25NO2. The number of benzene rings is 1. The van der Waals surface area contributed by atoms with Gasteiger partial charge in [-0.1, -0.05) is 19.1 Å². The van der Waals surface area contributed by atoms with Crippen LogP contribution in [-0.2, 0) is 6.42 Å². The first-order valence-electron chi connectivity index (χ1n) is 6.74. The van der Waals surface area contributed by atoms with Crippen LogP contribution >= 0.6 is 0 Å². The Morgan fingerprint density at radius 3 is 2.44 bits per heavy atom. The van der Waals surface area contributed by atoms with Crippen LogP contribution in [-0.4, -0.2) is 29.4 Å². The molecule has 0 aromatic heterocycles. The van der Waals surface area contributed by atoms with E-state index in [0.717, 1.165) is 25.8 Å². The Bertz CT molecular complexity index is 324. The molecule has 1 aromatic rings. The third-order valence-corrected chi connectivity index (χ3v) is 3.16. The van der Waals surface area contributed by atoms with Crippen LogP contribution in [0, 0.1) is 5.92 Å². The van der Waals surface area contributed by atoms with Crippen LogP contribution < -0.4 is 5.32 Å². The number of aliphatic hydroxyl groups is 1. The molecule has 2 atom stereocenters. The first-order chi connectivity index (χ1) is 8.61. The van der Waals surface area contributed by atoms with Gasteiger partial charge in [0.15, 0.2) is 0 Å². The van der Waals surface area contributed by atoms with E-state index in [9.17, 15) is 5.11 Å². The highest BCUT2D eigenvalue weighted by molar-refractivity contribution is 5.26. The molecule has 0 aliphatic carbocycles. The maximum absolute atomic E-state index is 9.20. The summed E-state index contributed by atoms with van der Waals surface area (Å²) in [5, 5.41) is 21.6. The first kappa shape index (κ1) is 15.0. The van der Waals surface area contributed by atoms with E-state index in [1.807, 2.05) is 12.1 Å². The van der Waals surface area contributed by atoms with E-state index >= 15 is 0 Å². The molecule has 0 heterocycles. The van der Waals surface area contributed by atoms with E-state index in [-0.39, 0.29) is 6.61 Å². The van der Waals surface area contributed by atoms with Gasteiger partial charge in [0.05, 0.1) is 0 Å². The van der Waals surface area contributed by atoms with Crippen molar-refractivity contribution in [1.82, 2.24) is 5.32 Å². The Hall–Kier alpha value is -1.06. The smallest absolute Gasteiger partial charge is 0.115 e. The molecule has 3 nitrogen and oxygen atoms in total. The van der Waals surface area contributed by atoms with Gasteiger partial charge in [0.1, 0.15) is 5.75 Å². The van der Waals surface area contributed by atoms with Crippen LogP contribution in [0.15, 0.2) is 24.3 Å². The molecule has 0 saturated heterocycles. The maximum Gasteiger partial charge on any atom is 0.115 e. The van der Waals surface area contributed by atoms with Crippen molar-refractivity contribution < 1.29 is 10.2 Å². The summed E-state index contributed by atoms with van der Waals surface area (Å²) in [5.74, 6) is 0.719. The lowest BCUT2D eigenvalue weighted by atomic mass is 10.1. The zero-order chi connectivity index (χ0) is 13.4. The van der Waals surface area contributed by atoms with Crippen molar-refractivity contribution in [3.05, 3.63) is 29.8 Å². The second kappa shape index (κ2) is 8.11. The van der Waals surface area contributed by atoms with Gasteiger partial charge in [0.2, 0.25) is 0 Å². The minimum Gasteiger partial charge on any atom is -0.508 e. The average molecular weight is 251 g/mol. The van der Waals surface area contributed by atoms with Crippen molar-refractivity contribution in [1.29, 1.82) is 0 Å². The maximum atomic E-state index is 9.20. The van der Waals surface area contributed by atoms with Crippen molar-refractivity contribution in [2.75, 3.05) is 13.2 Å². The number of hydrogen-bond acceptors (Lipinski definition) is 3. The fourth-order valence-electron chi connectivity index (χ4n) is 1.95. The minimum atomic E-state index is 0.281. The fourth-order valence-corrected chi connectivity index (χ4v) is 1.95. The lowest BCUT2D eigenvalue weighted by Crippen LogP contribution is -2.29. The molecule has 0 aliphatic heterocycles. The third kappa shape index (κ3) is 6.03. The molecule has 0 bridgehead atoms. The van der Waals surface area contributed by atoms with Gasteiger partial charge in [-0.05, 0) is 56.3 Å². The normalized spacial score (nSPS) is 14.4. The standard InChI is InChI=1S/C15H25NO2/c1-12(11-17)4-3-9-16-13(2)10-14-5-7-15(18)8-6-14/h5-8,12-13,16-18H,3-4,9-11H2,1-2H3. The number of aliphatic hydroxyl groups excluding tert-OH is 1. The Kier molecular flexibility index (Phi) is 6.76. The number of phenolic OH excluding ortho intramolecular Hbond substituents is 1. The summed E-state index contributed by atoms with van der Waals surface area (Å²) in [6.45, 7) is 5.51. The SMILES string of the molecule is CC(CO)CCCNC(C)Cc1ccc(O)cc1. The van der Waals surface area contributed by atoms with Crippen LogP contribution in [0.2, 0.25) is 0 Å². The molecule has 102 valence electrons. The van der Waals surface area contributed by atoms with Crippen molar-refractivity contribution in [3.63, 3.8) is 0 Å². The zero-order valence-electron chi connectivity index (χ0n) is 11.4. The lowest BCUT2D eigenvalue weighted by molar-refractivity contribution is 0.227. The predicted octanol–water partition coefficient (Wildman–Crippen LogP) is 2.32. The Labute approximate surface area is 110 Å². The van der Waals surface area contributed by atoms with Gasteiger partial charge in [0, 0.05) is 12.6 Å². The zero-order valence-corrected chi connectivity index (χ0v) is 11.4. The topological polar surface area (TPSA) is 52.5 Å². The number of rotatable bonds is 8.